The van der Waals surface area contributed by atoms with Gasteiger partial charge in [-0.05, 0) is 43.0 Å². The van der Waals surface area contributed by atoms with Gasteiger partial charge in [-0.3, -0.25) is 13.9 Å². The van der Waals surface area contributed by atoms with Crippen molar-refractivity contribution in [3.05, 3.63) is 65.2 Å². The van der Waals surface area contributed by atoms with E-state index in [-0.39, 0.29) is 6.04 Å². The number of fused-ring (bicyclic) bond motifs is 3. The van der Waals surface area contributed by atoms with E-state index in [1.54, 1.807) is 0 Å². The number of rotatable bonds is 6. The zero-order valence-electron chi connectivity index (χ0n) is 18.9. The number of hydrogen-bond donors (Lipinski definition) is 0. The highest BCUT2D eigenvalue weighted by Gasteiger charge is 2.65. The summed E-state index contributed by atoms with van der Waals surface area (Å²) in [7, 11) is -0.176. The van der Waals surface area contributed by atoms with E-state index in [1.165, 1.54) is 12.7 Å². The van der Waals surface area contributed by atoms with Crippen LogP contribution in [0.3, 0.4) is 0 Å². The molecular weight excluding hydrogens is 420 g/mol. The third-order valence-corrected chi connectivity index (χ3v) is 8.92. The minimum atomic E-state index is -1.55. The van der Waals surface area contributed by atoms with Gasteiger partial charge >= 0.3 is 5.97 Å². The highest BCUT2D eigenvalue weighted by atomic mass is 32.2. The Morgan fingerprint density at radius 2 is 1.97 bits per heavy atom. The summed E-state index contributed by atoms with van der Waals surface area (Å²) in [5, 5.41) is 10.1. The first-order valence-electron chi connectivity index (χ1n) is 11.3. The third-order valence-electron chi connectivity index (χ3n) is 7.04. The summed E-state index contributed by atoms with van der Waals surface area (Å²) in [4.78, 5) is 15.9. The van der Waals surface area contributed by atoms with E-state index in [4.69, 9.17) is 4.74 Å². The number of carbonyl (C=O) groups is 1. The lowest BCUT2D eigenvalue weighted by Gasteiger charge is -2.39. The maximum atomic E-state index is 14.1. The molecule has 2 aromatic rings. The lowest BCUT2D eigenvalue weighted by Crippen LogP contribution is -2.47. The Hall–Kier alpha value is -2.49. The second kappa shape index (κ2) is 9.17. The molecule has 1 fully saturated rings. The molecule has 0 spiro atoms. The third kappa shape index (κ3) is 3.58. The van der Waals surface area contributed by atoms with E-state index in [2.05, 4.69) is 30.0 Å². The maximum Gasteiger partial charge on any atom is 0.324 e. The van der Waals surface area contributed by atoms with Gasteiger partial charge in [0.15, 0.2) is 0 Å². The van der Waals surface area contributed by atoms with Crippen molar-refractivity contribution in [2.75, 3.05) is 13.7 Å². The standard InChI is InChI=1S/C26H30N2O3S/c1-4-5-15-26(17-27)23-21-9-7-6-8-19(21)14-16-28(23)22(25(29)31-3)24(26)32(30)20-12-10-18(2)11-13-20/h6-13,22-24H,4-5,14-16H2,1-3H3/t22-,23+,24+,26-,32+/m1/s1. The van der Waals surface area contributed by atoms with Gasteiger partial charge in [-0.15, -0.1) is 0 Å². The Bertz CT molecular complexity index is 1060. The molecule has 32 heavy (non-hydrogen) atoms. The van der Waals surface area contributed by atoms with Crippen LogP contribution in [0.5, 0.6) is 0 Å². The quantitative estimate of drug-likeness (QED) is 0.613. The van der Waals surface area contributed by atoms with Crippen LogP contribution >= 0.6 is 0 Å². The lowest BCUT2D eigenvalue weighted by atomic mass is 9.72. The topological polar surface area (TPSA) is 70.4 Å². The Balaban J connectivity index is 1.93. The van der Waals surface area contributed by atoms with E-state index in [0.29, 0.717) is 17.9 Å². The first kappa shape index (κ1) is 22.7. The van der Waals surface area contributed by atoms with Gasteiger partial charge in [0.1, 0.15) is 6.04 Å². The van der Waals surface area contributed by atoms with Crippen LogP contribution in [0.2, 0.25) is 0 Å². The average Bonchev–Trinajstić information content (AvgIpc) is 3.13. The van der Waals surface area contributed by atoms with Crippen LogP contribution in [0.4, 0.5) is 0 Å². The summed E-state index contributed by atoms with van der Waals surface area (Å²) >= 11 is 0. The molecule has 168 valence electrons. The number of ether oxygens (including phenoxy) is 1. The highest BCUT2D eigenvalue weighted by Crippen LogP contribution is 2.57. The molecule has 2 aliphatic heterocycles. The van der Waals surface area contributed by atoms with Crippen LogP contribution in [0.25, 0.3) is 0 Å². The number of hydrogen-bond acceptors (Lipinski definition) is 5. The fourth-order valence-corrected chi connectivity index (χ4v) is 7.39. The molecule has 0 N–H and O–H groups in total. The number of carbonyl (C=O) groups excluding carboxylic acids is 1. The average molecular weight is 451 g/mol. The summed E-state index contributed by atoms with van der Waals surface area (Å²) in [6, 6.07) is 17.4. The summed E-state index contributed by atoms with van der Waals surface area (Å²) in [6.07, 6.45) is 3.13. The molecule has 0 unspecified atom stereocenters. The van der Waals surface area contributed by atoms with Crippen LogP contribution in [-0.4, -0.2) is 40.0 Å². The fourth-order valence-electron chi connectivity index (χ4n) is 5.51. The lowest BCUT2D eigenvalue weighted by molar-refractivity contribution is -0.146. The predicted octanol–water partition coefficient (Wildman–Crippen LogP) is 4.33. The van der Waals surface area contributed by atoms with Gasteiger partial charge in [0, 0.05) is 11.4 Å². The number of benzene rings is 2. The minimum Gasteiger partial charge on any atom is -0.468 e. The molecule has 6 heteroatoms. The van der Waals surface area contributed by atoms with Crippen molar-refractivity contribution >= 4 is 16.8 Å². The molecule has 0 aromatic heterocycles. The molecule has 0 bridgehead atoms. The van der Waals surface area contributed by atoms with Crippen LogP contribution in [0, 0.1) is 23.7 Å². The molecule has 4 rings (SSSR count). The second-order valence-corrected chi connectivity index (χ2v) is 10.4. The van der Waals surface area contributed by atoms with E-state index < -0.39 is 33.5 Å². The Kier molecular flexibility index (Phi) is 6.50. The molecule has 5 nitrogen and oxygen atoms in total. The maximum absolute atomic E-state index is 14.1. The number of unbranched alkanes of at least 4 members (excludes halogenated alkanes) is 1. The molecule has 2 aliphatic rings. The first-order valence-corrected chi connectivity index (χ1v) is 12.5. The summed E-state index contributed by atoms with van der Waals surface area (Å²) in [5.41, 5.74) is 2.40. The van der Waals surface area contributed by atoms with Gasteiger partial charge in [0.05, 0.1) is 40.7 Å². The number of aryl methyl sites for hydroxylation is 1. The Morgan fingerprint density at radius 3 is 2.62 bits per heavy atom. The largest absolute Gasteiger partial charge is 0.468 e. The molecule has 1 saturated heterocycles. The molecule has 5 atom stereocenters. The number of methoxy groups -OCH3 is 1. The highest BCUT2D eigenvalue weighted by molar-refractivity contribution is 7.85. The van der Waals surface area contributed by atoms with Crippen molar-refractivity contribution in [3.8, 4) is 6.07 Å². The van der Waals surface area contributed by atoms with Crippen molar-refractivity contribution < 1.29 is 13.7 Å². The molecule has 2 aromatic carbocycles. The zero-order valence-corrected chi connectivity index (χ0v) is 19.7. The van der Waals surface area contributed by atoms with E-state index in [9.17, 15) is 14.3 Å². The van der Waals surface area contributed by atoms with Crippen molar-refractivity contribution in [2.24, 2.45) is 5.41 Å². The van der Waals surface area contributed by atoms with Gasteiger partial charge in [-0.2, -0.15) is 5.26 Å². The molecule has 0 aliphatic carbocycles. The van der Waals surface area contributed by atoms with Crippen molar-refractivity contribution in [1.82, 2.24) is 4.90 Å². The summed E-state index contributed by atoms with van der Waals surface area (Å²) < 4.78 is 19.3. The summed E-state index contributed by atoms with van der Waals surface area (Å²) in [5.74, 6) is -0.409. The summed E-state index contributed by atoms with van der Waals surface area (Å²) in [6.45, 7) is 4.71. The van der Waals surface area contributed by atoms with E-state index >= 15 is 0 Å². The van der Waals surface area contributed by atoms with Gasteiger partial charge < -0.3 is 4.74 Å². The van der Waals surface area contributed by atoms with Crippen LogP contribution in [0.15, 0.2) is 53.4 Å². The number of esters is 1. The monoisotopic (exact) mass is 450 g/mol. The van der Waals surface area contributed by atoms with Crippen molar-refractivity contribution in [1.29, 1.82) is 5.26 Å². The molecular formula is C26H30N2O3S. The van der Waals surface area contributed by atoms with Crippen molar-refractivity contribution in [3.63, 3.8) is 0 Å². The van der Waals surface area contributed by atoms with Gasteiger partial charge in [0.2, 0.25) is 0 Å². The minimum absolute atomic E-state index is 0.285. The smallest absolute Gasteiger partial charge is 0.324 e. The SMILES string of the molecule is CCCC[C@@]1(C#N)[C@@H]2c3ccccc3CCN2[C@@H](C(=O)OC)[C@@H]1[S@@](=O)c1ccc(C)cc1. The van der Waals surface area contributed by atoms with E-state index in [0.717, 1.165) is 30.4 Å². The number of nitriles is 1. The second-order valence-electron chi connectivity index (χ2n) is 8.84. The first-order chi connectivity index (χ1) is 15.5. The number of nitrogens with zero attached hydrogens (tertiary/aromatic N) is 2. The van der Waals surface area contributed by atoms with Crippen LogP contribution in [0.1, 0.15) is 48.9 Å². The van der Waals surface area contributed by atoms with Gasteiger partial charge in [0.25, 0.3) is 0 Å². The molecule has 0 radical (unpaired) electrons. The van der Waals surface area contributed by atoms with Gasteiger partial charge in [-0.1, -0.05) is 61.7 Å². The van der Waals surface area contributed by atoms with E-state index in [1.807, 2.05) is 43.3 Å². The van der Waals surface area contributed by atoms with Crippen LogP contribution < -0.4 is 0 Å². The molecule has 0 saturated carbocycles. The Morgan fingerprint density at radius 1 is 1.25 bits per heavy atom. The Labute approximate surface area is 192 Å². The van der Waals surface area contributed by atoms with Gasteiger partial charge in [-0.25, -0.2) is 0 Å². The molecule has 2 heterocycles. The molecule has 0 amide bonds. The van der Waals surface area contributed by atoms with Crippen LogP contribution in [-0.2, 0) is 26.8 Å². The normalized spacial score (nSPS) is 27.8. The fraction of sp³-hybridized carbons (Fsp3) is 0.462. The van der Waals surface area contributed by atoms with Crippen molar-refractivity contribution in [2.45, 2.75) is 61.8 Å². The predicted molar refractivity (Wildman–Crippen MR) is 124 cm³/mol. The zero-order chi connectivity index (χ0) is 22.9.